The lowest BCUT2D eigenvalue weighted by atomic mass is 9.96. The van der Waals surface area contributed by atoms with Crippen molar-refractivity contribution < 1.29 is 4.42 Å². The van der Waals surface area contributed by atoms with Crippen LogP contribution in [0, 0.1) is 6.92 Å². The first kappa shape index (κ1) is 18.6. The predicted octanol–water partition coefficient (Wildman–Crippen LogP) is 8.29. The summed E-state index contributed by atoms with van der Waals surface area (Å²) < 4.78 is 6.18. The number of benzene rings is 4. The van der Waals surface area contributed by atoms with Crippen molar-refractivity contribution >= 4 is 21.9 Å². The summed E-state index contributed by atoms with van der Waals surface area (Å²) in [6, 6.07) is 37.8. The van der Waals surface area contributed by atoms with Crippen LogP contribution in [0.5, 0.6) is 0 Å². The molecule has 152 valence electrons. The van der Waals surface area contributed by atoms with Crippen molar-refractivity contribution in [1.82, 2.24) is 4.98 Å². The van der Waals surface area contributed by atoms with Gasteiger partial charge in [-0.2, -0.15) is 0 Å². The molecule has 0 spiro atoms. The van der Waals surface area contributed by atoms with E-state index in [9.17, 15) is 0 Å². The van der Waals surface area contributed by atoms with Crippen LogP contribution in [0.15, 0.2) is 114 Å². The number of hydrogen-bond donors (Lipinski definition) is 0. The standard InChI is InChI=1S/C30H21NO/c1-20-15-16-28-25(17-20)30-24(13-8-14-29(30)32-28)23-18-26(21-9-4-2-5-10-21)31-27(19-23)22-11-6-3-7-12-22/h2-19H,1H3. The minimum Gasteiger partial charge on any atom is -0.456 e. The largest absolute Gasteiger partial charge is 0.456 e. The number of rotatable bonds is 3. The molecule has 0 fully saturated rings. The molecule has 6 rings (SSSR count). The third-order valence-electron chi connectivity index (χ3n) is 5.93. The second kappa shape index (κ2) is 7.51. The smallest absolute Gasteiger partial charge is 0.136 e. The summed E-state index contributed by atoms with van der Waals surface area (Å²) in [7, 11) is 0. The van der Waals surface area contributed by atoms with Crippen LogP contribution in [-0.2, 0) is 0 Å². The number of hydrogen-bond acceptors (Lipinski definition) is 2. The summed E-state index contributed by atoms with van der Waals surface area (Å²) in [4.78, 5) is 5.02. The molecule has 0 saturated carbocycles. The fourth-order valence-electron chi connectivity index (χ4n) is 4.38. The molecule has 2 aromatic heterocycles. The summed E-state index contributed by atoms with van der Waals surface area (Å²) in [5.41, 5.74) is 9.46. The Labute approximate surface area is 186 Å². The highest BCUT2D eigenvalue weighted by Crippen LogP contribution is 2.39. The van der Waals surface area contributed by atoms with E-state index in [-0.39, 0.29) is 0 Å². The lowest BCUT2D eigenvalue weighted by Crippen LogP contribution is -1.91. The lowest BCUT2D eigenvalue weighted by Gasteiger charge is -2.11. The zero-order chi connectivity index (χ0) is 21.5. The van der Waals surface area contributed by atoms with E-state index in [0.29, 0.717) is 0 Å². The molecule has 0 bridgehead atoms. The van der Waals surface area contributed by atoms with Gasteiger partial charge in [-0.25, -0.2) is 4.98 Å². The van der Waals surface area contributed by atoms with Crippen molar-refractivity contribution in [3.63, 3.8) is 0 Å². The maximum Gasteiger partial charge on any atom is 0.136 e. The van der Waals surface area contributed by atoms with Crippen LogP contribution in [0.25, 0.3) is 55.6 Å². The summed E-state index contributed by atoms with van der Waals surface area (Å²) in [6.45, 7) is 2.12. The molecule has 32 heavy (non-hydrogen) atoms. The van der Waals surface area contributed by atoms with Gasteiger partial charge in [-0.1, -0.05) is 84.4 Å². The highest BCUT2D eigenvalue weighted by molar-refractivity contribution is 6.12. The molecular formula is C30H21NO. The Balaban J connectivity index is 1.66. The lowest BCUT2D eigenvalue weighted by molar-refractivity contribution is 0.669. The van der Waals surface area contributed by atoms with Gasteiger partial charge >= 0.3 is 0 Å². The van der Waals surface area contributed by atoms with Gasteiger partial charge in [-0.15, -0.1) is 0 Å². The molecule has 0 amide bonds. The fourth-order valence-corrected chi connectivity index (χ4v) is 4.38. The summed E-state index contributed by atoms with van der Waals surface area (Å²) in [5, 5.41) is 2.30. The molecule has 0 radical (unpaired) electrons. The molecular weight excluding hydrogens is 390 g/mol. The summed E-state index contributed by atoms with van der Waals surface area (Å²) >= 11 is 0. The van der Waals surface area contributed by atoms with Crippen LogP contribution in [0.3, 0.4) is 0 Å². The van der Waals surface area contributed by atoms with Crippen molar-refractivity contribution in [3.8, 4) is 33.6 Å². The average molecular weight is 412 g/mol. The van der Waals surface area contributed by atoms with E-state index in [1.54, 1.807) is 0 Å². The van der Waals surface area contributed by atoms with Gasteiger partial charge in [0.1, 0.15) is 11.2 Å². The van der Waals surface area contributed by atoms with Gasteiger partial charge in [-0.3, -0.25) is 0 Å². The van der Waals surface area contributed by atoms with Crippen LogP contribution in [0.2, 0.25) is 0 Å². The quantitative estimate of drug-likeness (QED) is 0.293. The minimum absolute atomic E-state index is 0.905. The number of nitrogens with zero attached hydrogens (tertiary/aromatic N) is 1. The third kappa shape index (κ3) is 3.17. The molecule has 0 atom stereocenters. The average Bonchev–Trinajstić information content (AvgIpc) is 3.23. The van der Waals surface area contributed by atoms with Crippen LogP contribution < -0.4 is 0 Å². The number of fused-ring (bicyclic) bond motifs is 3. The molecule has 2 heteroatoms. The molecule has 2 heterocycles. The highest BCUT2D eigenvalue weighted by Gasteiger charge is 2.15. The second-order valence-corrected chi connectivity index (χ2v) is 8.14. The Hall–Kier alpha value is -4.17. The SMILES string of the molecule is Cc1ccc2oc3cccc(-c4cc(-c5ccccc5)nc(-c5ccccc5)c4)c3c2c1. The summed E-state index contributed by atoms with van der Waals surface area (Å²) in [5.74, 6) is 0. The number of aryl methyl sites for hydroxylation is 1. The van der Waals surface area contributed by atoms with Crippen molar-refractivity contribution in [2.24, 2.45) is 0 Å². The monoisotopic (exact) mass is 411 g/mol. The Morgan fingerprint density at radius 3 is 1.88 bits per heavy atom. The normalized spacial score (nSPS) is 11.3. The number of furan rings is 1. The first-order valence-corrected chi connectivity index (χ1v) is 10.8. The molecule has 2 nitrogen and oxygen atoms in total. The van der Waals surface area contributed by atoms with E-state index < -0.39 is 0 Å². The van der Waals surface area contributed by atoms with Gasteiger partial charge < -0.3 is 4.42 Å². The number of aromatic nitrogens is 1. The first-order chi connectivity index (χ1) is 15.8. The molecule has 0 unspecified atom stereocenters. The van der Waals surface area contributed by atoms with Crippen molar-refractivity contribution in [2.45, 2.75) is 6.92 Å². The molecule has 0 aliphatic rings. The molecule has 0 N–H and O–H groups in total. The third-order valence-corrected chi connectivity index (χ3v) is 5.93. The van der Waals surface area contributed by atoms with Crippen LogP contribution in [0.1, 0.15) is 5.56 Å². The fraction of sp³-hybridized carbons (Fsp3) is 0.0333. The van der Waals surface area contributed by atoms with Gasteiger partial charge in [0.05, 0.1) is 11.4 Å². The predicted molar refractivity (Wildman–Crippen MR) is 133 cm³/mol. The van der Waals surface area contributed by atoms with E-state index in [1.807, 2.05) is 18.2 Å². The van der Waals surface area contributed by atoms with Gasteiger partial charge in [0.2, 0.25) is 0 Å². The van der Waals surface area contributed by atoms with Crippen LogP contribution in [0.4, 0.5) is 0 Å². The van der Waals surface area contributed by atoms with Gasteiger partial charge in [0, 0.05) is 21.9 Å². The van der Waals surface area contributed by atoms with Crippen molar-refractivity contribution in [1.29, 1.82) is 0 Å². The first-order valence-electron chi connectivity index (χ1n) is 10.8. The zero-order valence-electron chi connectivity index (χ0n) is 17.7. The molecule has 4 aromatic carbocycles. The van der Waals surface area contributed by atoms with Crippen molar-refractivity contribution in [2.75, 3.05) is 0 Å². The van der Waals surface area contributed by atoms with E-state index >= 15 is 0 Å². The van der Waals surface area contributed by atoms with Crippen LogP contribution >= 0.6 is 0 Å². The maximum atomic E-state index is 6.18. The minimum atomic E-state index is 0.905. The maximum absolute atomic E-state index is 6.18. The van der Waals surface area contributed by atoms with E-state index in [4.69, 9.17) is 9.40 Å². The van der Waals surface area contributed by atoms with E-state index in [0.717, 1.165) is 55.6 Å². The Bertz CT molecular complexity index is 1510. The van der Waals surface area contributed by atoms with E-state index in [2.05, 4.69) is 97.9 Å². The zero-order valence-corrected chi connectivity index (χ0v) is 17.7. The molecule has 0 saturated heterocycles. The summed E-state index contributed by atoms with van der Waals surface area (Å²) in [6.07, 6.45) is 0. The molecule has 6 aromatic rings. The van der Waals surface area contributed by atoms with Gasteiger partial charge in [0.15, 0.2) is 0 Å². The second-order valence-electron chi connectivity index (χ2n) is 8.14. The Morgan fingerprint density at radius 1 is 0.562 bits per heavy atom. The highest BCUT2D eigenvalue weighted by atomic mass is 16.3. The topological polar surface area (TPSA) is 26.0 Å². The van der Waals surface area contributed by atoms with Crippen molar-refractivity contribution in [3.05, 3.63) is 115 Å². The Morgan fingerprint density at radius 2 is 1.22 bits per heavy atom. The van der Waals surface area contributed by atoms with Crippen LogP contribution in [-0.4, -0.2) is 4.98 Å². The molecule has 0 aliphatic heterocycles. The number of pyridine rings is 1. The van der Waals surface area contributed by atoms with Gasteiger partial charge in [-0.05, 0) is 48.4 Å². The van der Waals surface area contributed by atoms with E-state index in [1.165, 1.54) is 5.56 Å². The van der Waals surface area contributed by atoms with Gasteiger partial charge in [0.25, 0.3) is 0 Å². The molecule has 0 aliphatic carbocycles. The Kier molecular flexibility index (Phi) is 4.36.